The van der Waals surface area contributed by atoms with E-state index in [4.69, 9.17) is 4.74 Å². The Morgan fingerprint density at radius 3 is 2.77 bits per heavy atom. The molecule has 0 saturated carbocycles. The van der Waals surface area contributed by atoms with Gasteiger partial charge < -0.3 is 15.0 Å². The molecule has 1 saturated heterocycles. The second-order valence-corrected chi connectivity index (χ2v) is 8.25. The highest BCUT2D eigenvalue weighted by atomic mass is 16.5. The predicted molar refractivity (Wildman–Crippen MR) is 113 cm³/mol. The summed E-state index contributed by atoms with van der Waals surface area (Å²) in [4.78, 5) is 31.6. The molecule has 30 heavy (non-hydrogen) atoms. The van der Waals surface area contributed by atoms with E-state index in [1.54, 1.807) is 12.0 Å². The number of benzene rings is 1. The van der Waals surface area contributed by atoms with Crippen molar-refractivity contribution in [3.63, 3.8) is 0 Å². The van der Waals surface area contributed by atoms with Gasteiger partial charge in [0.05, 0.1) is 13.2 Å². The number of methoxy groups -OCH3 is 1. The Bertz CT molecular complexity index is 879. The first kappa shape index (κ1) is 21.8. The van der Waals surface area contributed by atoms with Gasteiger partial charge in [-0.3, -0.25) is 14.7 Å². The summed E-state index contributed by atoms with van der Waals surface area (Å²) in [7, 11) is 1.63. The molecular formula is C22H31N5O3. The van der Waals surface area contributed by atoms with E-state index in [9.17, 15) is 9.59 Å². The number of para-hydroxylation sites is 1. The van der Waals surface area contributed by atoms with Crippen molar-refractivity contribution in [1.29, 1.82) is 0 Å². The molecule has 8 nitrogen and oxygen atoms in total. The third-order valence-corrected chi connectivity index (χ3v) is 5.29. The van der Waals surface area contributed by atoms with Crippen molar-refractivity contribution in [2.75, 3.05) is 13.7 Å². The zero-order chi connectivity index (χ0) is 21.7. The second-order valence-electron chi connectivity index (χ2n) is 8.25. The van der Waals surface area contributed by atoms with Gasteiger partial charge in [0.15, 0.2) is 5.82 Å². The molecule has 0 aliphatic carbocycles. The molecule has 2 aromatic rings. The van der Waals surface area contributed by atoms with Crippen LogP contribution < -0.4 is 10.1 Å². The largest absolute Gasteiger partial charge is 0.496 e. The van der Waals surface area contributed by atoms with Gasteiger partial charge in [0.2, 0.25) is 11.8 Å². The molecule has 0 spiro atoms. The van der Waals surface area contributed by atoms with E-state index >= 15 is 0 Å². The summed E-state index contributed by atoms with van der Waals surface area (Å²) in [6.07, 6.45) is 2.03. The summed E-state index contributed by atoms with van der Waals surface area (Å²) >= 11 is 0. The quantitative estimate of drug-likeness (QED) is 0.693. The van der Waals surface area contributed by atoms with Crippen LogP contribution in [-0.4, -0.2) is 51.6 Å². The number of aryl methyl sites for hydroxylation is 2. The first-order valence-corrected chi connectivity index (χ1v) is 10.5. The number of carbonyl (C=O) groups is 2. The molecule has 1 fully saturated rings. The minimum atomic E-state index is -0.246. The van der Waals surface area contributed by atoms with Crippen LogP contribution in [0.3, 0.4) is 0 Å². The Morgan fingerprint density at radius 1 is 1.33 bits per heavy atom. The standard InChI is InChI=1S/C22H31N5O3/c1-14(2)11-20(28)24-17-12-18(22-23-15(3)25-26-22)27(13-17)21(29)10-9-16-7-5-6-8-19(16)30-4/h5-8,14,17-18H,9-13H2,1-4H3,(H,24,28)(H,23,25,26)/t17-,18-/m0/s1. The van der Waals surface area contributed by atoms with E-state index < -0.39 is 0 Å². The van der Waals surface area contributed by atoms with Gasteiger partial charge in [-0.25, -0.2) is 4.98 Å². The van der Waals surface area contributed by atoms with Gasteiger partial charge in [0.25, 0.3) is 0 Å². The molecule has 1 aliphatic rings. The number of ether oxygens (including phenoxy) is 1. The van der Waals surface area contributed by atoms with Gasteiger partial charge >= 0.3 is 0 Å². The molecule has 1 aliphatic heterocycles. The Labute approximate surface area is 177 Å². The number of rotatable bonds is 8. The van der Waals surface area contributed by atoms with Crippen molar-refractivity contribution >= 4 is 11.8 Å². The summed E-state index contributed by atoms with van der Waals surface area (Å²) in [5.74, 6) is 2.41. The number of amides is 2. The summed E-state index contributed by atoms with van der Waals surface area (Å²) < 4.78 is 5.39. The fraction of sp³-hybridized carbons (Fsp3) is 0.545. The minimum absolute atomic E-state index is 0.0169. The third kappa shape index (κ3) is 5.37. The normalized spacial score (nSPS) is 18.6. The molecule has 0 bridgehead atoms. The lowest BCUT2D eigenvalue weighted by Gasteiger charge is -2.22. The molecule has 2 atom stereocenters. The lowest BCUT2D eigenvalue weighted by atomic mass is 10.1. The maximum absolute atomic E-state index is 13.1. The van der Waals surface area contributed by atoms with Crippen LogP contribution in [0.5, 0.6) is 5.75 Å². The number of nitrogens with one attached hydrogen (secondary N) is 2. The summed E-state index contributed by atoms with van der Waals surface area (Å²) in [5, 5.41) is 10.2. The van der Waals surface area contributed by atoms with Crippen LogP contribution in [0.15, 0.2) is 24.3 Å². The van der Waals surface area contributed by atoms with Crippen LogP contribution in [0.2, 0.25) is 0 Å². The predicted octanol–water partition coefficient (Wildman–Crippen LogP) is 2.56. The molecule has 2 heterocycles. The van der Waals surface area contributed by atoms with Crippen LogP contribution in [0.25, 0.3) is 0 Å². The average molecular weight is 414 g/mol. The van der Waals surface area contributed by atoms with Crippen molar-refractivity contribution in [3.8, 4) is 5.75 Å². The van der Waals surface area contributed by atoms with E-state index in [-0.39, 0.29) is 29.8 Å². The second kappa shape index (κ2) is 9.73. The molecule has 0 radical (unpaired) electrons. The first-order valence-electron chi connectivity index (χ1n) is 10.5. The minimum Gasteiger partial charge on any atom is -0.496 e. The highest BCUT2D eigenvalue weighted by molar-refractivity contribution is 5.79. The number of aromatic amines is 1. The zero-order valence-corrected chi connectivity index (χ0v) is 18.1. The van der Waals surface area contributed by atoms with Crippen LogP contribution in [0.1, 0.15) is 56.4 Å². The molecule has 1 aromatic heterocycles. The lowest BCUT2D eigenvalue weighted by molar-refractivity contribution is -0.132. The number of aromatic nitrogens is 3. The van der Waals surface area contributed by atoms with Crippen molar-refractivity contribution in [2.45, 2.75) is 58.5 Å². The summed E-state index contributed by atoms with van der Waals surface area (Å²) in [5.41, 5.74) is 1.000. The first-order chi connectivity index (χ1) is 14.4. The van der Waals surface area contributed by atoms with Crippen LogP contribution in [0.4, 0.5) is 0 Å². The SMILES string of the molecule is COc1ccccc1CCC(=O)N1C[C@@H](NC(=O)CC(C)C)C[C@H]1c1n[nH]c(C)n1. The Hall–Kier alpha value is -2.90. The molecule has 8 heteroatoms. The number of hydrogen-bond donors (Lipinski definition) is 2. The Kier molecular flexibility index (Phi) is 7.07. The van der Waals surface area contributed by atoms with Crippen LogP contribution in [0, 0.1) is 12.8 Å². The topological polar surface area (TPSA) is 100 Å². The van der Waals surface area contributed by atoms with Gasteiger partial charge in [-0.2, -0.15) is 5.10 Å². The van der Waals surface area contributed by atoms with Gasteiger partial charge in [0, 0.05) is 25.4 Å². The van der Waals surface area contributed by atoms with E-state index in [2.05, 4.69) is 20.5 Å². The molecule has 162 valence electrons. The summed E-state index contributed by atoms with van der Waals surface area (Å²) in [6, 6.07) is 7.38. The van der Waals surface area contributed by atoms with Gasteiger partial charge in [-0.05, 0) is 37.3 Å². The van der Waals surface area contributed by atoms with E-state index in [1.165, 1.54) is 0 Å². The maximum Gasteiger partial charge on any atom is 0.223 e. The molecule has 3 rings (SSSR count). The number of H-pyrrole nitrogens is 1. The Balaban J connectivity index is 1.70. The van der Waals surface area contributed by atoms with Gasteiger partial charge in [0.1, 0.15) is 11.6 Å². The van der Waals surface area contributed by atoms with Crippen LogP contribution in [-0.2, 0) is 16.0 Å². The molecule has 0 unspecified atom stereocenters. The van der Waals surface area contributed by atoms with E-state index in [0.717, 1.165) is 11.3 Å². The zero-order valence-electron chi connectivity index (χ0n) is 18.1. The highest BCUT2D eigenvalue weighted by Crippen LogP contribution is 2.31. The van der Waals surface area contributed by atoms with E-state index in [0.29, 0.717) is 43.9 Å². The monoisotopic (exact) mass is 413 g/mol. The third-order valence-electron chi connectivity index (χ3n) is 5.29. The Morgan fingerprint density at radius 2 is 2.10 bits per heavy atom. The molecule has 1 aromatic carbocycles. The van der Waals surface area contributed by atoms with E-state index in [1.807, 2.05) is 45.0 Å². The number of likely N-dealkylation sites (tertiary alicyclic amines) is 1. The molecular weight excluding hydrogens is 382 g/mol. The summed E-state index contributed by atoms with van der Waals surface area (Å²) in [6.45, 7) is 6.33. The van der Waals surface area contributed by atoms with Crippen LogP contribution >= 0.6 is 0 Å². The molecule has 2 amide bonds. The van der Waals surface area contributed by atoms with Crippen molar-refractivity contribution in [2.24, 2.45) is 5.92 Å². The number of carbonyl (C=O) groups excluding carboxylic acids is 2. The molecule has 2 N–H and O–H groups in total. The van der Waals surface area contributed by atoms with Crippen molar-refractivity contribution < 1.29 is 14.3 Å². The smallest absolute Gasteiger partial charge is 0.223 e. The number of hydrogen-bond acceptors (Lipinski definition) is 5. The highest BCUT2D eigenvalue weighted by Gasteiger charge is 2.38. The lowest BCUT2D eigenvalue weighted by Crippen LogP contribution is -2.39. The fourth-order valence-electron chi connectivity index (χ4n) is 3.92. The number of nitrogens with zero attached hydrogens (tertiary/aromatic N) is 3. The van der Waals surface area contributed by atoms with Crippen molar-refractivity contribution in [3.05, 3.63) is 41.5 Å². The fourth-order valence-corrected chi connectivity index (χ4v) is 3.92. The average Bonchev–Trinajstić information content (AvgIpc) is 3.31. The van der Waals surface area contributed by atoms with Gasteiger partial charge in [-0.1, -0.05) is 32.0 Å². The maximum atomic E-state index is 13.1. The van der Waals surface area contributed by atoms with Crippen molar-refractivity contribution in [1.82, 2.24) is 25.4 Å². The van der Waals surface area contributed by atoms with Gasteiger partial charge in [-0.15, -0.1) is 0 Å².